The number of allylic oxidation sites excluding steroid dienone is 1. The number of carbonyl (C=O) groups excluding carboxylic acids is 2. The van der Waals surface area contributed by atoms with Crippen molar-refractivity contribution in [2.45, 2.75) is 13.8 Å². The first-order chi connectivity index (χ1) is 9.04. The molecule has 1 heterocycles. The van der Waals surface area contributed by atoms with Crippen LogP contribution in [0.3, 0.4) is 0 Å². The summed E-state index contributed by atoms with van der Waals surface area (Å²) < 4.78 is 0. The lowest BCUT2D eigenvalue weighted by Crippen LogP contribution is -2.48. The molecule has 2 amide bonds. The first-order valence-electron chi connectivity index (χ1n) is 5.49. The first kappa shape index (κ1) is 14.8. The molecule has 1 aromatic heterocycles. The molecule has 0 aromatic carbocycles. The van der Waals surface area contributed by atoms with Crippen LogP contribution < -0.4 is 16.2 Å². The third-order valence-corrected chi connectivity index (χ3v) is 2.44. The lowest BCUT2D eigenvalue weighted by molar-refractivity contribution is -0.116. The van der Waals surface area contributed by atoms with Crippen molar-refractivity contribution in [1.29, 1.82) is 0 Å². The van der Waals surface area contributed by atoms with E-state index in [2.05, 4.69) is 21.2 Å². The zero-order valence-corrected chi connectivity index (χ0v) is 11.4. The number of hydrogen-bond donors (Lipinski definition) is 3. The van der Waals surface area contributed by atoms with Crippen LogP contribution in [0.5, 0.6) is 0 Å². The molecule has 1 rings (SSSR count). The van der Waals surface area contributed by atoms with E-state index in [4.69, 9.17) is 12.2 Å². The monoisotopic (exact) mass is 278 g/mol. The predicted molar refractivity (Wildman–Crippen MR) is 75.0 cm³/mol. The minimum Gasteiger partial charge on any atom is -0.298 e. The molecule has 0 unspecified atom stereocenters. The summed E-state index contributed by atoms with van der Waals surface area (Å²) >= 11 is 4.87. The van der Waals surface area contributed by atoms with Crippen molar-refractivity contribution in [3.8, 4) is 0 Å². The molecular weight excluding hydrogens is 264 g/mol. The van der Waals surface area contributed by atoms with Gasteiger partial charge in [0.05, 0.1) is 5.56 Å². The Morgan fingerprint density at radius 1 is 1.37 bits per heavy atom. The van der Waals surface area contributed by atoms with Crippen LogP contribution in [0.1, 0.15) is 24.2 Å². The summed E-state index contributed by atoms with van der Waals surface area (Å²) in [5.74, 6) is -0.719. The molecule has 19 heavy (non-hydrogen) atoms. The summed E-state index contributed by atoms with van der Waals surface area (Å²) in [4.78, 5) is 26.9. The Morgan fingerprint density at radius 3 is 2.68 bits per heavy atom. The maximum absolute atomic E-state index is 11.6. The highest BCUT2D eigenvalue weighted by Gasteiger charge is 2.08. The summed E-state index contributed by atoms with van der Waals surface area (Å²) in [6.45, 7) is 3.40. The SMILES string of the molecule is CC=C(C)C(=O)NC(=S)NNC(=O)c1cccnc1. The van der Waals surface area contributed by atoms with Crippen LogP contribution in [0.4, 0.5) is 0 Å². The van der Waals surface area contributed by atoms with Gasteiger partial charge in [-0.05, 0) is 38.2 Å². The topological polar surface area (TPSA) is 83.1 Å². The molecule has 0 spiro atoms. The van der Waals surface area contributed by atoms with Gasteiger partial charge in [-0.1, -0.05) is 6.08 Å². The standard InChI is InChI=1S/C12H14N4O2S/c1-3-8(2)10(17)14-12(19)16-15-11(18)9-5-4-6-13-7-9/h3-7H,1-2H3,(H,15,18)(H2,14,16,17,19). The van der Waals surface area contributed by atoms with E-state index in [1.54, 1.807) is 38.3 Å². The number of nitrogens with one attached hydrogen (secondary N) is 3. The highest BCUT2D eigenvalue weighted by Crippen LogP contribution is 1.94. The Morgan fingerprint density at radius 2 is 2.11 bits per heavy atom. The van der Waals surface area contributed by atoms with E-state index in [-0.39, 0.29) is 11.0 Å². The van der Waals surface area contributed by atoms with Crippen LogP contribution in [0.15, 0.2) is 36.2 Å². The molecule has 0 atom stereocenters. The smallest absolute Gasteiger partial charge is 0.271 e. The Kier molecular flexibility index (Phi) is 5.62. The maximum atomic E-state index is 11.6. The van der Waals surface area contributed by atoms with Crippen molar-refractivity contribution in [3.63, 3.8) is 0 Å². The Bertz CT molecular complexity index is 514. The average Bonchev–Trinajstić information content (AvgIpc) is 2.44. The summed E-state index contributed by atoms with van der Waals surface area (Å²) in [7, 11) is 0. The van der Waals surface area contributed by atoms with Crippen LogP contribution in [-0.4, -0.2) is 21.9 Å². The molecule has 0 radical (unpaired) electrons. The molecule has 0 aliphatic heterocycles. The van der Waals surface area contributed by atoms with E-state index in [0.29, 0.717) is 11.1 Å². The highest BCUT2D eigenvalue weighted by molar-refractivity contribution is 7.80. The van der Waals surface area contributed by atoms with Crippen LogP contribution in [0, 0.1) is 0 Å². The van der Waals surface area contributed by atoms with E-state index in [1.165, 1.54) is 6.20 Å². The zero-order chi connectivity index (χ0) is 14.3. The van der Waals surface area contributed by atoms with Gasteiger partial charge in [0, 0.05) is 18.0 Å². The number of amides is 2. The van der Waals surface area contributed by atoms with E-state index >= 15 is 0 Å². The predicted octanol–water partition coefficient (Wildman–Crippen LogP) is 0.683. The average molecular weight is 278 g/mol. The summed E-state index contributed by atoms with van der Waals surface area (Å²) in [5, 5.41) is 2.44. The molecular formula is C12H14N4O2S. The first-order valence-corrected chi connectivity index (χ1v) is 5.90. The van der Waals surface area contributed by atoms with E-state index < -0.39 is 5.91 Å². The number of rotatable bonds is 2. The number of hydrazine groups is 1. The normalized spacial score (nSPS) is 10.5. The highest BCUT2D eigenvalue weighted by atomic mass is 32.1. The lowest BCUT2D eigenvalue weighted by atomic mass is 10.3. The Hall–Kier alpha value is -2.28. The van der Waals surface area contributed by atoms with Crippen LogP contribution in [0.25, 0.3) is 0 Å². The zero-order valence-electron chi connectivity index (χ0n) is 10.6. The molecule has 0 aliphatic carbocycles. The number of pyridine rings is 1. The molecule has 0 fully saturated rings. The van der Waals surface area contributed by atoms with Gasteiger partial charge in [-0.15, -0.1) is 0 Å². The number of thiocarbonyl (C=S) groups is 1. The van der Waals surface area contributed by atoms with Gasteiger partial charge in [0.1, 0.15) is 0 Å². The molecule has 6 nitrogen and oxygen atoms in total. The molecule has 0 saturated heterocycles. The van der Waals surface area contributed by atoms with E-state index in [9.17, 15) is 9.59 Å². The van der Waals surface area contributed by atoms with Gasteiger partial charge >= 0.3 is 0 Å². The molecule has 0 bridgehead atoms. The number of hydrogen-bond acceptors (Lipinski definition) is 4. The summed E-state index contributed by atoms with van der Waals surface area (Å²) in [6, 6.07) is 3.25. The molecule has 3 N–H and O–H groups in total. The van der Waals surface area contributed by atoms with Gasteiger partial charge in [-0.2, -0.15) is 0 Å². The number of aromatic nitrogens is 1. The second kappa shape index (κ2) is 7.22. The quantitative estimate of drug-likeness (QED) is 0.421. The minimum absolute atomic E-state index is 0.0171. The molecule has 1 aromatic rings. The van der Waals surface area contributed by atoms with Gasteiger partial charge in [0.25, 0.3) is 11.8 Å². The fourth-order valence-corrected chi connectivity index (χ4v) is 1.19. The maximum Gasteiger partial charge on any atom is 0.271 e. The van der Waals surface area contributed by atoms with Crippen molar-refractivity contribution >= 4 is 29.1 Å². The number of carbonyl (C=O) groups is 2. The molecule has 0 saturated carbocycles. The molecule has 100 valence electrons. The second-order valence-electron chi connectivity index (χ2n) is 3.58. The summed E-state index contributed by atoms with van der Waals surface area (Å²) in [5.41, 5.74) is 5.71. The minimum atomic E-state index is -0.396. The van der Waals surface area contributed by atoms with E-state index in [1.807, 2.05) is 0 Å². The molecule has 0 aliphatic rings. The van der Waals surface area contributed by atoms with Crippen molar-refractivity contribution < 1.29 is 9.59 Å². The van der Waals surface area contributed by atoms with Crippen molar-refractivity contribution in [3.05, 3.63) is 41.7 Å². The van der Waals surface area contributed by atoms with E-state index in [0.717, 1.165) is 0 Å². The fraction of sp³-hybridized carbons (Fsp3) is 0.167. The van der Waals surface area contributed by atoms with Crippen molar-refractivity contribution in [2.24, 2.45) is 0 Å². The third kappa shape index (κ3) is 4.84. The summed E-state index contributed by atoms with van der Waals surface area (Å²) in [6.07, 6.45) is 4.64. The largest absolute Gasteiger partial charge is 0.298 e. The third-order valence-electron chi connectivity index (χ3n) is 2.23. The van der Waals surface area contributed by atoms with Crippen molar-refractivity contribution in [1.82, 2.24) is 21.2 Å². The van der Waals surface area contributed by atoms with Crippen LogP contribution in [0.2, 0.25) is 0 Å². The van der Waals surface area contributed by atoms with Gasteiger partial charge in [0.15, 0.2) is 5.11 Å². The van der Waals surface area contributed by atoms with Gasteiger partial charge < -0.3 is 0 Å². The van der Waals surface area contributed by atoms with Crippen LogP contribution in [-0.2, 0) is 4.79 Å². The van der Waals surface area contributed by atoms with Gasteiger partial charge in [-0.25, -0.2) is 0 Å². The lowest BCUT2D eigenvalue weighted by Gasteiger charge is -2.10. The number of nitrogens with zero attached hydrogens (tertiary/aromatic N) is 1. The molecule has 7 heteroatoms. The van der Waals surface area contributed by atoms with Crippen molar-refractivity contribution in [2.75, 3.05) is 0 Å². The van der Waals surface area contributed by atoms with Gasteiger partial charge in [-0.3, -0.25) is 30.7 Å². The van der Waals surface area contributed by atoms with Crippen LogP contribution >= 0.6 is 12.2 Å². The second-order valence-corrected chi connectivity index (χ2v) is 3.98. The fourth-order valence-electron chi connectivity index (χ4n) is 1.05. The Balaban J connectivity index is 2.43. The Labute approximate surface area is 116 Å². The van der Waals surface area contributed by atoms with Gasteiger partial charge in [0.2, 0.25) is 0 Å².